The maximum Gasteiger partial charge on any atom is 0.250 e. The van der Waals surface area contributed by atoms with Crippen molar-refractivity contribution in [3.63, 3.8) is 0 Å². The summed E-state index contributed by atoms with van der Waals surface area (Å²) < 4.78 is 16.4. The number of anilines is 1. The molecule has 0 bridgehead atoms. The average Bonchev–Trinajstić information content (AvgIpc) is 3.13. The zero-order valence-electron chi connectivity index (χ0n) is 13.8. The van der Waals surface area contributed by atoms with E-state index in [4.69, 9.17) is 11.6 Å². The van der Waals surface area contributed by atoms with Crippen LogP contribution in [-0.2, 0) is 11.3 Å². The van der Waals surface area contributed by atoms with Crippen LogP contribution >= 0.6 is 11.6 Å². The topological polar surface area (TPSA) is 64.7 Å². The van der Waals surface area contributed by atoms with E-state index in [0.29, 0.717) is 11.6 Å². The van der Waals surface area contributed by atoms with Crippen molar-refractivity contribution in [3.8, 4) is 0 Å². The van der Waals surface area contributed by atoms with Crippen LogP contribution in [-0.4, -0.2) is 25.5 Å². The fraction of sp³-hybridized carbons (Fsp3) is 0.235. The maximum atomic E-state index is 13.3. The van der Waals surface area contributed by atoms with Gasteiger partial charge in [-0.25, -0.2) is 4.39 Å². The molecule has 0 radical (unpaired) electrons. The van der Waals surface area contributed by atoms with Crippen molar-refractivity contribution in [1.82, 2.24) is 19.6 Å². The van der Waals surface area contributed by atoms with Crippen LogP contribution in [0.4, 0.5) is 10.2 Å². The molecular formula is C17H17ClFN5O. The van der Waals surface area contributed by atoms with Crippen LogP contribution in [0.25, 0.3) is 0 Å². The number of hydrogen-bond donors (Lipinski definition) is 1. The predicted octanol–water partition coefficient (Wildman–Crippen LogP) is 3.43. The van der Waals surface area contributed by atoms with Gasteiger partial charge in [-0.3, -0.25) is 14.2 Å². The van der Waals surface area contributed by atoms with Gasteiger partial charge in [-0.15, -0.1) is 0 Å². The van der Waals surface area contributed by atoms with Gasteiger partial charge in [-0.2, -0.15) is 10.2 Å². The molecule has 1 aromatic carbocycles. The Kier molecular flexibility index (Phi) is 4.85. The summed E-state index contributed by atoms with van der Waals surface area (Å²) in [5, 5.41) is 11.4. The Morgan fingerprint density at radius 3 is 2.88 bits per heavy atom. The predicted molar refractivity (Wildman–Crippen MR) is 93.0 cm³/mol. The van der Waals surface area contributed by atoms with E-state index in [2.05, 4.69) is 15.5 Å². The average molecular weight is 362 g/mol. The molecule has 8 heteroatoms. The van der Waals surface area contributed by atoms with Gasteiger partial charge in [0.15, 0.2) is 5.82 Å². The number of rotatable bonds is 5. The van der Waals surface area contributed by atoms with Crippen LogP contribution in [0.1, 0.15) is 24.1 Å². The molecule has 1 unspecified atom stereocenters. The molecule has 2 heterocycles. The summed E-state index contributed by atoms with van der Waals surface area (Å²) in [6, 6.07) is 5.73. The largest absolute Gasteiger partial charge is 0.306 e. The second kappa shape index (κ2) is 7.06. The molecule has 0 fully saturated rings. The minimum atomic E-state index is -0.502. The molecule has 2 aromatic heterocycles. The van der Waals surface area contributed by atoms with E-state index in [1.54, 1.807) is 47.0 Å². The SMILES string of the molecule is Cc1cnn(C(C)C(=O)Nc2nn(Cc3cccc(F)c3)cc2Cl)c1. The highest BCUT2D eigenvalue weighted by molar-refractivity contribution is 6.33. The second-order valence-corrected chi connectivity index (χ2v) is 6.22. The number of halogens is 2. The number of amides is 1. The lowest BCUT2D eigenvalue weighted by Gasteiger charge is -2.11. The first-order chi connectivity index (χ1) is 11.9. The van der Waals surface area contributed by atoms with Crippen molar-refractivity contribution in [2.75, 3.05) is 5.32 Å². The quantitative estimate of drug-likeness (QED) is 0.757. The number of aryl methyl sites for hydroxylation is 1. The Bertz CT molecular complexity index is 904. The number of benzene rings is 1. The molecule has 1 N–H and O–H groups in total. The molecule has 6 nitrogen and oxygen atoms in total. The minimum absolute atomic E-state index is 0.263. The van der Waals surface area contributed by atoms with Crippen molar-refractivity contribution in [2.45, 2.75) is 26.4 Å². The molecule has 3 aromatic rings. The van der Waals surface area contributed by atoms with E-state index in [9.17, 15) is 9.18 Å². The Labute approximate surface area is 149 Å². The monoisotopic (exact) mass is 361 g/mol. The Balaban J connectivity index is 1.71. The molecular weight excluding hydrogens is 345 g/mol. The lowest BCUT2D eigenvalue weighted by molar-refractivity contribution is -0.119. The van der Waals surface area contributed by atoms with Crippen molar-refractivity contribution < 1.29 is 9.18 Å². The summed E-state index contributed by atoms with van der Waals surface area (Å²) in [7, 11) is 0. The second-order valence-electron chi connectivity index (χ2n) is 5.82. The van der Waals surface area contributed by atoms with Gasteiger partial charge in [-0.05, 0) is 37.1 Å². The van der Waals surface area contributed by atoms with Crippen LogP contribution in [0.3, 0.4) is 0 Å². The van der Waals surface area contributed by atoms with Crippen molar-refractivity contribution in [2.24, 2.45) is 0 Å². The number of carbonyl (C=O) groups excluding carboxylic acids is 1. The third-order valence-electron chi connectivity index (χ3n) is 3.70. The highest BCUT2D eigenvalue weighted by Gasteiger charge is 2.18. The molecule has 130 valence electrons. The van der Waals surface area contributed by atoms with E-state index in [-0.39, 0.29) is 17.5 Å². The van der Waals surface area contributed by atoms with Gasteiger partial charge in [0.1, 0.15) is 16.9 Å². The zero-order chi connectivity index (χ0) is 18.0. The normalized spacial score (nSPS) is 12.2. The number of hydrogen-bond acceptors (Lipinski definition) is 3. The Hall–Kier alpha value is -2.67. The fourth-order valence-corrected chi connectivity index (χ4v) is 2.57. The molecule has 0 aliphatic carbocycles. The number of aromatic nitrogens is 4. The third kappa shape index (κ3) is 4.06. The molecule has 25 heavy (non-hydrogen) atoms. The smallest absolute Gasteiger partial charge is 0.250 e. The highest BCUT2D eigenvalue weighted by atomic mass is 35.5. The summed E-state index contributed by atoms with van der Waals surface area (Å²) in [4.78, 5) is 12.4. The molecule has 1 amide bonds. The summed E-state index contributed by atoms with van der Waals surface area (Å²) in [6.45, 7) is 3.99. The van der Waals surface area contributed by atoms with Crippen LogP contribution in [0.2, 0.25) is 5.02 Å². The molecule has 0 spiro atoms. The minimum Gasteiger partial charge on any atom is -0.306 e. The Morgan fingerprint density at radius 2 is 2.20 bits per heavy atom. The molecule has 0 aliphatic heterocycles. The summed E-state index contributed by atoms with van der Waals surface area (Å²) in [5.74, 6) is -0.326. The molecule has 1 atom stereocenters. The molecule has 3 rings (SSSR count). The maximum absolute atomic E-state index is 13.3. The van der Waals surface area contributed by atoms with Gasteiger partial charge >= 0.3 is 0 Å². The standard InChI is InChI=1S/C17H17ClFN5O/c1-11-7-20-24(8-11)12(2)17(25)21-16-15(18)10-23(22-16)9-13-4-3-5-14(19)6-13/h3-8,10,12H,9H2,1-2H3,(H,21,22,25). The lowest BCUT2D eigenvalue weighted by atomic mass is 10.2. The van der Waals surface area contributed by atoms with E-state index < -0.39 is 6.04 Å². The van der Waals surface area contributed by atoms with E-state index in [0.717, 1.165) is 11.1 Å². The van der Waals surface area contributed by atoms with Crippen LogP contribution in [0.5, 0.6) is 0 Å². The van der Waals surface area contributed by atoms with Crippen molar-refractivity contribution in [1.29, 1.82) is 0 Å². The molecule has 0 saturated carbocycles. The van der Waals surface area contributed by atoms with Crippen molar-refractivity contribution >= 4 is 23.3 Å². The summed E-state index contributed by atoms with van der Waals surface area (Å²) in [5.41, 5.74) is 1.72. The molecule has 0 aliphatic rings. The number of nitrogens with zero attached hydrogens (tertiary/aromatic N) is 4. The number of carbonyl (C=O) groups is 1. The van der Waals surface area contributed by atoms with Gasteiger partial charge in [0.05, 0.1) is 12.7 Å². The summed E-state index contributed by atoms with van der Waals surface area (Å²) >= 11 is 6.15. The first-order valence-electron chi connectivity index (χ1n) is 7.71. The Morgan fingerprint density at radius 1 is 1.40 bits per heavy atom. The first kappa shape index (κ1) is 17.2. The van der Waals surface area contributed by atoms with Gasteiger partial charge in [0, 0.05) is 12.4 Å². The van der Waals surface area contributed by atoms with Gasteiger partial charge in [-0.1, -0.05) is 23.7 Å². The van der Waals surface area contributed by atoms with Crippen LogP contribution in [0, 0.1) is 12.7 Å². The molecule has 0 saturated heterocycles. The van der Waals surface area contributed by atoms with Gasteiger partial charge in [0.2, 0.25) is 5.91 Å². The lowest BCUT2D eigenvalue weighted by Crippen LogP contribution is -2.24. The van der Waals surface area contributed by atoms with Crippen LogP contribution < -0.4 is 5.32 Å². The van der Waals surface area contributed by atoms with Crippen molar-refractivity contribution in [3.05, 3.63) is 64.8 Å². The zero-order valence-corrected chi connectivity index (χ0v) is 14.5. The van der Waals surface area contributed by atoms with Gasteiger partial charge in [0.25, 0.3) is 0 Å². The summed E-state index contributed by atoms with van der Waals surface area (Å²) in [6.07, 6.45) is 5.06. The van der Waals surface area contributed by atoms with Crippen LogP contribution in [0.15, 0.2) is 42.9 Å². The fourth-order valence-electron chi connectivity index (χ4n) is 2.37. The number of nitrogens with one attached hydrogen (secondary N) is 1. The van der Waals surface area contributed by atoms with Gasteiger partial charge < -0.3 is 5.32 Å². The highest BCUT2D eigenvalue weighted by Crippen LogP contribution is 2.21. The first-order valence-corrected chi connectivity index (χ1v) is 8.09. The third-order valence-corrected chi connectivity index (χ3v) is 3.98. The van der Waals surface area contributed by atoms with E-state index >= 15 is 0 Å². The van der Waals surface area contributed by atoms with E-state index in [1.165, 1.54) is 12.1 Å². The van der Waals surface area contributed by atoms with E-state index in [1.807, 2.05) is 6.92 Å².